The van der Waals surface area contributed by atoms with Gasteiger partial charge in [0, 0.05) is 18.8 Å². The van der Waals surface area contributed by atoms with Gasteiger partial charge in [0.2, 0.25) is 0 Å². The number of benzene rings is 1. The van der Waals surface area contributed by atoms with Crippen LogP contribution in [0.2, 0.25) is 0 Å². The summed E-state index contributed by atoms with van der Waals surface area (Å²) < 4.78 is 12.3. The van der Waals surface area contributed by atoms with Gasteiger partial charge >= 0.3 is 7.12 Å². The van der Waals surface area contributed by atoms with Crippen molar-refractivity contribution in [2.75, 3.05) is 18.0 Å². The SMILES string of the molecule is CCCN(CC)c1cccc(B2OC(C)(C)C(C)(C)O2)c1. The zero-order chi connectivity index (χ0) is 15.7. The molecule has 1 fully saturated rings. The van der Waals surface area contributed by atoms with E-state index in [-0.39, 0.29) is 18.3 Å². The van der Waals surface area contributed by atoms with Crippen molar-refractivity contribution in [2.24, 2.45) is 0 Å². The number of hydrogen-bond donors (Lipinski definition) is 0. The third-order valence-electron chi connectivity index (χ3n) is 4.64. The highest BCUT2D eigenvalue weighted by atomic mass is 16.7. The van der Waals surface area contributed by atoms with Crippen molar-refractivity contribution in [3.8, 4) is 0 Å². The Kier molecular flexibility index (Phi) is 4.69. The minimum atomic E-state index is -0.290. The van der Waals surface area contributed by atoms with Crippen LogP contribution < -0.4 is 10.4 Å². The average molecular weight is 289 g/mol. The minimum Gasteiger partial charge on any atom is -0.399 e. The summed E-state index contributed by atoms with van der Waals surface area (Å²) in [6.07, 6.45) is 1.15. The van der Waals surface area contributed by atoms with Crippen LogP contribution in [0.4, 0.5) is 5.69 Å². The summed E-state index contributed by atoms with van der Waals surface area (Å²) in [7, 11) is -0.282. The Bertz CT molecular complexity index is 471. The molecule has 0 bridgehead atoms. The standard InChI is InChI=1S/C17H28BNO2/c1-7-12-19(8-2)15-11-9-10-14(13-15)18-20-16(3,4)17(5,6)21-18/h9-11,13H,7-8,12H2,1-6H3. The normalized spacial score (nSPS) is 19.8. The predicted molar refractivity (Wildman–Crippen MR) is 90.3 cm³/mol. The van der Waals surface area contributed by atoms with Crippen LogP contribution in [0.15, 0.2) is 24.3 Å². The van der Waals surface area contributed by atoms with Crippen molar-refractivity contribution in [3.63, 3.8) is 0 Å². The van der Waals surface area contributed by atoms with Gasteiger partial charge in [-0.2, -0.15) is 0 Å². The number of nitrogens with zero attached hydrogens (tertiary/aromatic N) is 1. The summed E-state index contributed by atoms with van der Waals surface area (Å²) in [4.78, 5) is 2.38. The number of hydrogen-bond acceptors (Lipinski definition) is 3. The van der Waals surface area contributed by atoms with Crippen molar-refractivity contribution in [2.45, 2.75) is 59.2 Å². The fraction of sp³-hybridized carbons (Fsp3) is 0.647. The largest absolute Gasteiger partial charge is 0.494 e. The van der Waals surface area contributed by atoms with Gasteiger partial charge in [0.15, 0.2) is 0 Å². The van der Waals surface area contributed by atoms with Gasteiger partial charge in [0.1, 0.15) is 0 Å². The van der Waals surface area contributed by atoms with Gasteiger partial charge < -0.3 is 14.2 Å². The lowest BCUT2D eigenvalue weighted by Gasteiger charge is -2.32. The third kappa shape index (κ3) is 3.27. The van der Waals surface area contributed by atoms with Crippen molar-refractivity contribution < 1.29 is 9.31 Å². The van der Waals surface area contributed by atoms with Crippen molar-refractivity contribution in [1.82, 2.24) is 0 Å². The van der Waals surface area contributed by atoms with Gasteiger partial charge in [0.05, 0.1) is 11.2 Å². The number of anilines is 1. The van der Waals surface area contributed by atoms with E-state index < -0.39 is 0 Å². The zero-order valence-corrected chi connectivity index (χ0v) is 14.3. The molecule has 0 amide bonds. The second-order valence-electron chi connectivity index (χ2n) is 6.76. The van der Waals surface area contributed by atoms with Crippen LogP contribution in [-0.2, 0) is 9.31 Å². The summed E-state index contributed by atoms with van der Waals surface area (Å²) in [6.45, 7) is 14.8. The summed E-state index contributed by atoms with van der Waals surface area (Å²) >= 11 is 0. The van der Waals surface area contributed by atoms with Crippen molar-refractivity contribution >= 4 is 18.3 Å². The summed E-state index contributed by atoms with van der Waals surface area (Å²) in [5, 5.41) is 0. The molecule has 1 aliphatic rings. The van der Waals surface area contributed by atoms with Crippen LogP contribution in [0, 0.1) is 0 Å². The fourth-order valence-electron chi connectivity index (χ4n) is 2.59. The monoisotopic (exact) mass is 289 g/mol. The van der Waals surface area contributed by atoms with Gasteiger partial charge in [-0.15, -0.1) is 0 Å². The van der Waals surface area contributed by atoms with E-state index in [1.54, 1.807) is 0 Å². The van der Waals surface area contributed by atoms with Crippen molar-refractivity contribution in [1.29, 1.82) is 0 Å². The molecule has 1 aromatic carbocycles. The van der Waals surface area contributed by atoms with Gasteiger partial charge in [0.25, 0.3) is 0 Å². The lowest BCUT2D eigenvalue weighted by Crippen LogP contribution is -2.41. The smallest absolute Gasteiger partial charge is 0.399 e. The van der Waals surface area contributed by atoms with E-state index in [0.29, 0.717) is 0 Å². The molecular formula is C17H28BNO2. The van der Waals surface area contributed by atoms with Crippen LogP contribution in [-0.4, -0.2) is 31.4 Å². The first-order chi connectivity index (χ1) is 9.80. The maximum absolute atomic E-state index is 6.14. The van der Waals surface area contributed by atoms with Gasteiger partial charge in [-0.25, -0.2) is 0 Å². The zero-order valence-electron chi connectivity index (χ0n) is 14.3. The molecule has 3 nitrogen and oxygen atoms in total. The average Bonchev–Trinajstić information content (AvgIpc) is 2.65. The first kappa shape index (κ1) is 16.4. The number of rotatable bonds is 5. The Morgan fingerprint density at radius 2 is 1.67 bits per heavy atom. The topological polar surface area (TPSA) is 21.7 Å². The van der Waals surface area contributed by atoms with Crippen LogP contribution in [0.1, 0.15) is 48.0 Å². The first-order valence-electron chi connectivity index (χ1n) is 8.01. The quantitative estimate of drug-likeness (QED) is 0.777. The molecule has 1 heterocycles. The maximum Gasteiger partial charge on any atom is 0.494 e. The van der Waals surface area contributed by atoms with Gasteiger partial charge in [-0.1, -0.05) is 19.1 Å². The molecular weight excluding hydrogens is 261 g/mol. The molecule has 0 N–H and O–H groups in total. The molecule has 0 atom stereocenters. The molecule has 0 aromatic heterocycles. The maximum atomic E-state index is 6.14. The predicted octanol–water partition coefficient (Wildman–Crippen LogP) is 3.22. The Hall–Kier alpha value is -0.995. The van der Waals surface area contributed by atoms with E-state index in [0.717, 1.165) is 25.0 Å². The lowest BCUT2D eigenvalue weighted by atomic mass is 9.79. The van der Waals surface area contributed by atoms with E-state index in [1.165, 1.54) is 5.69 Å². The Labute approximate surface area is 129 Å². The second-order valence-corrected chi connectivity index (χ2v) is 6.76. The molecule has 116 valence electrons. The summed E-state index contributed by atoms with van der Waals surface area (Å²) in [5.74, 6) is 0. The fourth-order valence-corrected chi connectivity index (χ4v) is 2.59. The van der Waals surface area contributed by atoms with E-state index in [1.807, 2.05) is 0 Å². The van der Waals surface area contributed by atoms with Crippen LogP contribution >= 0.6 is 0 Å². The summed E-state index contributed by atoms with van der Waals surface area (Å²) in [5.41, 5.74) is 1.76. The van der Waals surface area contributed by atoms with Crippen molar-refractivity contribution in [3.05, 3.63) is 24.3 Å². The molecule has 0 aliphatic carbocycles. The molecule has 0 saturated carbocycles. The second kappa shape index (κ2) is 6.01. The molecule has 1 aliphatic heterocycles. The first-order valence-corrected chi connectivity index (χ1v) is 8.01. The van der Waals surface area contributed by atoms with Gasteiger partial charge in [-0.3, -0.25) is 0 Å². The van der Waals surface area contributed by atoms with E-state index in [4.69, 9.17) is 9.31 Å². The molecule has 1 saturated heterocycles. The van der Waals surface area contributed by atoms with E-state index >= 15 is 0 Å². The molecule has 0 radical (unpaired) electrons. The molecule has 0 spiro atoms. The highest BCUT2D eigenvalue weighted by Crippen LogP contribution is 2.36. The van der Waals surface area contributed by atoms with E-state index in [9.17, 15) is 0 Å². The highest BCUT2D eigenvalue weighted by Gasteiger charge is 2.51. The van der Waals surface area contributed by atoms with E-state index in [2.05, 4.69) is 70.7 Å². The Balaban J connectivity index is 2.23. The Morgan fingerprint density at radius 1 is 1.05 bits per heavy atom. The molecule has 21 heavy (non-hydrogen) atoms. The van der Waals surface area contributed by atoms with Crippen LogP contribution in [0.25, 0.3) is 0 Å². The van der Waals surface area contributed by atoms with Crippen LogP contribution in [0.3, 0.4) is 0 Å². The molecule has 0 unspecified atom stereocenters. The summed E-state index contributed by atoms with van der Waals surface area (Å²) in [6, 6.07) is 8.54. The molecule has 2 rings (SSSR count). The van der Waals surface area contributed by atoms with Crippen LogP contribution in [0.5, 0.6) is 0 Å². The molecule has 1 aromatic rings. The molecule has 4 heteroatoms. The van der Waals surface area contributed by atoms with Gasteiger partial charge in [-0.05, 0) is 58.6 Å². The lowest BCUT2D eigenvalue weighted by molar-refractivity contribution is 0.00578. The minimum absolute atomic E-state index is 0.282. The highest BCUT2D eigenvalue weighted by molar-refractivity contribution is 6.62. The third-order valence-corrected chi connectivity index (χ3v) is 4.64. The Morgan fingerprint density at radius 3 is 2.19 bits per heavy atom.